The zero-order valence-electron chi connectivity index (χ0n) is 13.5. The molecule has 9 heteroatoms. The molecule has 0 saturated carbocycles. The largest absolute Gasteiger partial charge is 0.478 e. The lowest BCUT2D eigenvalue weighted by Crippen LogP contribution is -2.13. The molecule has 0 aromatic heterocycles. The van der Waals surface area contributed by atoms with Crippen LogP contribution < -0.4 is 0 Å². The highest BCUT2D eigenvalue weighted by atomic mass is 35.5. The standard InChI is InChI=1S/C18H10Cl2F4O3/c1-8-4-9(2-3-11(8)17(26)27)15(25)7-12(18(22,23)24)10-5-13(19)16(21)14(20)6-10/h2-7H,1H3,(H,26,27)/b12-7+. The van der Waals surface area contributed by atoms with Gasteiger partial charge < -0.3 is 5.11 Å². The van der Waals surface area contributed by atoms with E-state index < -0.39 is 44.9 Å². The van der Waals surface area contributed by atoms with E-state index in [0.717, 1.165) is 12.1 Å². The summed E-state index contributed by atoms with van der Waals surface area (Å²) in [6, 6.07) is 4.83. The Kier molecular flexibility index (Phi) is 5.97. The first kappa shape index (κ1) is 20.9. The van der Waals surface area contributed by atoms with Gasteiger partial charge in [-0.3, -0.25) is 4.79 Å². The van der Waals surface area contributed by atoms with Crippen molar-refractivity contribution < 1.29 is 32.3 Å². The SMILES string of the molecule is Cc1cc(C(=O)/C=C(\c2cc(Cl)c(F)c(Cl)c2)C(F)(F)F)ccc1C(=O)O. The lowest BCUT2D eigenvalue weighted by Gasteiger charge is -2.13. The summed E-state index contributed by atoms with van der Waals surface area (Å²) in [5.41, 5.74) is -1.95. The molecular formula is C18H10Cl2F4O3. The molecule has 0 spiro atoms. The molecule has 2 aromatic carbocycles. The number of benzene rings is 2. The number of hydrogen-bond acceptors (Lipinski definition) is 2. The van der Waals surface area contributed by atoms with Crippen LogP contribution in [0.5, 0.6) is 0 Å². The van der Waals surface area contributed by atoms with Crippen molar-refractivity contribution in [2.45, 2.75) is 13.1 Å². The van der Waals surface area contributed by atoms with Gasteiger partial charge in [-0.05, 0) is 48.4 Å². The molecule has 0 atom stereocenters. The van der Waals surface area contributed by atoms with Crippen LogP contribution in [0.25, 0.3) is 5.57 Å². The molecule has 142 valence electrons. The lowest BCUT2D eigenvalue weighted by atomic mass is 9.99. The molecular weight excluding hydrogens is 411 g/mol. The molecule has 0 fully saturated rings. The van der Waals surface area contributed by atoms with Crippen LogP contribution in [-0.2, 0) is 0 Å². The average molecular weight is 421 g/mol. The van der Waals surface area contributed by atoms with Crippen molar-refractivity contribution in [3.8, 4) is 0 Å². The van der Waals surface area contributed by atoms with Crippen molar-refractivity contribution in [2.75, 3.05) is 0 Å². The number of carbonyl (C=O) groups excluding carboxylic acids is 1. The summed E-state index contributed by atoms with van der Waals surface area (Å²) in [5.74, 6) is -3.32. The minimum Gasteiger partial charge on any atom is -0.478 e. The summed E-state index contributed by atoms with van der Waals surface area (Å²) in [4.78, 5) is 23.3. The quantitative estimate of drug-likeness (QED) is 0.287. The third-order valence-electron chi connectivity index (χ3n) is 3.62. The Labute approximate surface area is 160 Å². The zero-order valence-corrected chi connectivity index (χ0v) is 15.0. The number of rotatable bonds is 4. The van der Waals surface area contributed by atoms with Crippen molar-refractivity contribution in [1.82, 2.24) is 0 Å². The number of allylic oxidation sites excluding steroid dienone is 2. The van der Waals surface area contributed by atoms with Crippen LogP contribution in [0.2, 0.25) is 10.0 Å². The van der Waals surface area contributed by atoms with E-state index in [1.54, 1.807) is 0 Å². The van der Waals surface area contributed by atoms with Gasteiger partial charge in [-0.1, -0.05) is 29.3 Å². The maximum atomic E-state index is 13.5. The molecule has 0 unspecified atom stereocenters. The van der Waals surface area contributed by atoms with Gasteiger partial charge in [0.05, 0.1) is 21.2 Å². The Hall–Kier alpha value is -2.38. The van der Waals surface area contributed by atoms with Crippen LogP contribution in [-0.4, -0.2) is 23.0 Å². The normalized spacial score (nSPS) is 12.2. The number of carbonyl (C=O) groups is 2. The molecule has 0 radical (unpaired) electrons. The molecule has 0 saturated heterocycles. The first-order valence-electron chi connectivity index (χ1n) is 7.24. The molecule has 1 N–H and O–H groups in total. The van der Waals surface area contributed by atoms with Gasteiger partial charge in [0.1, 0.15) is 0 Å². The van der Waals surface area contributed by atoms with E-state index in [9.17, 15) is 27.2 Å². The van der Waals surface area contributed by atoms with Crippen molar-refractivity contribution in [3.63, 3.8) is 0 Å². The fourth-order valence-electron chi connectivity index (χ4n) is 2.31. The van der Waals surface area contributed by atoms with Gasteiger partial charge in [0.15, 0.2) is 11.6 Å². The second-order valence-corrected chi connectivity index (χ2v) is 6.32. The predicted octanol–water partition coefficient (Wildman–Crippen LogP) is 5.97. The molecule has 0 aliphatic carbocycles. The third-order valence-corrected chi connectivity index (χ3v) is 4.17. The Morgan fingerprint density at radius 3 is 2.04 bits per heavy atom. The van der Waals surface area contributed by atoms with Gasteiger partial charge >= 0.3 is 12.1 Å². The molecule has 3 nitrogen and oxygen atoms in total. The maximum absolute atomic E-state index is 13.5. The van der Waals surface area contributed by atoms with E-state index >= 15 is 0 Å². The highest BCUT2D eigenvalue weighted by Gasteiger charge is 2.36. The van der Waals surface area contributed by atoms with E-state index in [2.05, 4.69) is 0 Å². The van der Waals surface area contributed by atoms with Crippen molar-refractivity contribution in [1.29, 1.82) is 0 Å². The topological polar surface area (TPSA) is 54.4 Å². The van der Waals surface area contributed by atoms with Crippen LogP contribution in [0.1, 0.15) is 31.8 Å². The van der Waals surface area contributed by atoms with Gasteiger partial charge in [0.2, 0.25) is 0 Å². The second kappa shape index (κ2) is 7.70. The highest BCUT2D eigenvalue weighted by molar-refractivity contribution is 6.35. The summed E-state index contributed by atoms with van der Waals surface area (Å²) < 4.78 is 53.7. The molecule has 0 amide bonds. The summed E-state index contributed by atoms with van der Waals surface area (Å²) in [6.07, 6.45) is -4.62. The average Bonchev–Trinajstić information content (AvgIpc) is 2.55. The first-order chi connectivity index (χ1) is 12.4. The smallest absolute Gasteiger partial charge is 0.417 e. The van der Waals surface area contributed by atoms with E-state index in [4.69, 9.17) is 28.3 Å². The van der Waals surface area contributed by atoms with Gasteiger partial charge in [0, 0.05) is 5.56 Å². The number of carboxylic acids is 1. The number of aryl methyl sites for hydroxylation is 1. The molecule has 0 bridgehead atoms. The Morgan fingerprint density at radius 2 is 1.59 bits per heavy atom. The lowest BCUT2D eigenvalue weighted by molar-refractivity contribution is -0.0689. The number of hydrogen-bond donors (Lipinski definition) is 1. The number of alkyl halides is 3. The van der Waals surface area contributed by atoms with Gasteiger partial charge in [-0.25, -0.2) is 9.18 Å². The second-order valence-electron chi connectivity index (χ2n) is 5.51. The van der Waals surface area contributed by atoms with Crippen LogP contribution in [0, 0.1) is 12.7 Å². The van der Waals surface area contributed by atoms with Crippen LogP contribution in [0.3, 0.4) is 0 Å². The van der Waals surface area contributed by atoms with Gasteiger partial charge in [-0.15, -0.1) is 0 Å². The first-order valence-corrected chi connectivity index (χ1v) is 7.99. The highest BCUT2D eigenvalue weighted by Crippen LogP contribution is 2.37. The third kappa shape index (κ3) is 4.67. The van der Waals surface area contributed by atoms with E-state index in [0.29, 0.717) is 18.2 Å². The number of halogens is 6. The fraction of sp³-hybridized carbons (Fsp3) is 0.111. The molecule has 0 heterocycles. The number of aromatic carboxylic acids is 1. The van der Waals surface area contributed by atoms with Crippen LogP contribution in [0.4, 0.5) is 17.6 Å². The fourth-order valence-corrected chi connectivity index (χ4v) is 2.80. The van der Waals surface area contributed by atoms with Crippen LogP contribution >= 0.6 is 23.2 Å². The van der Waals surface area contributed by atoms with E-state index in [1.165, 1.54) is 13.0 Å². The Bertz CT molecular complexity index is 943. The number of ketones is 1. The van der Waals surface area contributed by atoms with E-state index in [-0.39, 0.29) is 16.7 Å². The van der Waals surface area contributed by atoms with Crippen molar-refractivity contribution >= 4 is 40.5 Å². The minimum atomic E-state index is -4.95. The predicted molar refractivity (Wildman–Crippen MR) is 92.9 cm³/mol. The summed E-state index contributed by atoms with van der Waals surface area (Å²) in [7, 11) is 0. The van der Waals surface area contributed by atoms with Crippen molar-refractivity contribution in [2.24, 2.45) is 0 Å². The van der Waals surface area contributed by atoms with E-state index in [1.807, 2.05) is 0 Å². The molecule has 0 aliphatic heterocycles. The summed E-state index contributed by atoms with van der Waals surface area (Å²) >= 11 is 11.1. The molecule has 27 heavy (non-hydrogen) atoms. The Morgan fingerprint density at radius 1 is 1.04 bits per heavy atom. The monoisotopic (exact) mass is 420 g/mol. The van der Waals surface area contributed by atoms with Gasteiger partial charge in [-0.2, -0.15) is 13.2 Å². The molecule has 2 aromatic rings. The molecule has 2 rings (SSSR count). The summed E-state index contributed by atoms with van der Waals surface area (Å²) in [6.45, 7) is 1.41. The minimum absolute atomic E-state index is 0.0799. The van der Waals surface area contributed by atoms with Gasteiger partial charge in [0.25, 0.3) is 0 Å². The maximum Gasteiger partial charge on any atom is 0.417 e. The Balaban J connectivity index is 2.55. The zero-order chi connectivity index (χ0) is 20.5. The van der Waals surface area contributed by atoms with Crippen LogP contribution in [0.15, 0.2) is 36.4 Å². The summed E-state index contributed by atoms with van der Waals surface area (Å²) in [5, 5.41) is 7.72. The molecule has 0 aliphatic rings. The van der Waals surface area contributed by atoms with Crippen molar-refractivity contribution in [3.05, 3.63) is 74.5 Å². The number of carboxylic acid groups (broad SMARTS) is 1.